The van der Waals surface area contributed by atoms with Gasteiger partial charge < -0.3 is 5.11 Å². The Morgan fingerprint density at radius 2 is 1.96 bits per heavy atom. The Morgan fingerprint density at radius 3 is 2.58 bits per heavy atom. The summed E-state index contributed by atoms with van der Waals surface area (Å²) in [6, 6.07) is 7.81. The molecule has 1 aromatic heterocycles. The molecule has 0 spiro atoms. The molecule has 0 saturated carbocycles. The molecule has 0 aliphatic carbocycles. The zero-order valence-corrected chi connectivity index (χ0v) is 15.8. The number of aryl methyl sites for hydroxylation is 2. The first-order valence-corrected chi connectivity index (χ1v) is 8.88. The van der Waals surface area contributed by atoms with Crippen molar-refractivity contribution < 1.29 is 5.11 Å². The predicted molar refractivity (Wildman–Crippen MR) is 105 cm³/mol. The Kier molecular flexibility index (Phi) is 6.35. The Labute approximate surface area is 154 Å². The van der Waals surface area contributed by atoms with Crippen LogP contribution in [0.4, 0.5) is 5.69 Å². The third kappa shape index (κ3) is 4.02. The third-order valence-corrected chi connectivity index (χ3v) is 4.66. The number of aliphatic imine (C=N–C) groups is 1. The van der Waals surface area contributed by atoms with Gasteiger partial charge in [-0.05, 0) is 56.0 Å². The van der Waals surface area contributed by atoms with Crippen LogP contribution in [0.2, 0.25) is 0 Å². The molecular formula is C21H25N3O2. The fourth-order valence-corrected chi connectivity index (χ4v) is 2.80. The topological polar surface area (TPSA) is 78.4 Å². The van der Waals surface area contributed by atoms with E-state index in [4.69, 9.17) is 0 Å². The SMILES string of the molecule is CCCCCn1c(O)c(C=Nc2ccc(C)c(C)c2)c(C)c(C#N)c1=O. The first-order chi connectivity index (χ1) is 12.4. The highest BCUT2D eigenvalue weighted by atomic mass is 16.3. The van der Waals surface area contributed by atoms with Gasteiger partial charge in [-0.15, -0.1) is 0 Å². The fraction of sp³-hybridized carbons (Fsp3) is 0.381. The van der Waals surface area contributed by atoms with E-state index in [0.717, 1.165) is 30.5 Å². The highest BCUT2D eigenvalue weighted by Crippen LogP contribution is 2.22. The van der Waals surface area contributed by atoms with Gasteiger partial charge in [-0.2, -0.15) is 5.26 Å². The van der Waals surface area contributed by atoms with Crippen molar-refractivity contribution in [2.45, 2.75) is 53.5 Å². The monoisotopic (exact) mass is 351 g/mol. The average Bonchev–Trinajstić information content (AvgIpc) is 2.61. The van der Waals surface area contributed by atoms with Crippen LogP contribution in [0.15, 0.2) is 28.0 Å². The van der Waals surface area contributed by atoms with Crippen molar-refractivity contribution in [3.8, 4) is 11.9 Å². The van der Waals surface area contributed by atoms with E-state index in [1.54, 1.807) is 6.92 Å². The second-order valence-corrected chi connectivity index (χ2v) is 6.54. The van der Waals surface area contributed by atoms with E-state index in [-0.39, 0.29) is 11.4 Å². The smallest absolute Gasteiger partial charge is 0.271 e. The number of unbranched alkanes of at least 4 members (excludes halogenated alkanes) is 2. The van der Waals surface area contributed by atoms with E-state index in [1.165, 1.54) is 16.3 Å². The minimum atomic E-state index is -0.443. The zero-order chi connectivity index (χ0) is 19.3. The first kappa shape index (κ1) is 19.5. The third-order valence-electron chi connectivity index (χ3n) is 4.66. The molecule has 136 valence electrons. The highest BCUT2D eigenvalue weighted by molar-refractivity contribution is 5.87. The van der Waals surface area contributed by atoms with Gasteiger partial charge in [0.25, 0.3) is 5.56 Å². The van der Waals surface area contributed by atoms with E-state index in [0.29, 0.717) is 17.7 Å². The second kappa shape index (κ2) is 8.48. The molecule has 0 radical (unpaired) electrons. The van der Waals surface area contributed by atoms with E-state index in [2.05, 4.69) is 11.9 Å². The number of hydrogen-bond donors (Lipinski definition) is 1. The Bertz CT molecular complexity index is 934. The molecule has 2 aromatic rings. The van der Waals surface area contributed by atoms with Gasteiger partial charge in [-0.25, -0.2) is 0 Å². The number of benzene rings is 1. The normalized spacial score (nSPS) is 11.0. The van der Waals surface area contributed by atoms with Crippen molar-refractivity contribution in [1.82, 2.24) is 4.57 Å². The van der Waals surface area contributed by atoms with Crippen molar-refractivity contribution >= 4 is 11.9 Å². The van der Waals surface area contributed by atoms with Crippen LogP contribution in [0, 0.1) is 32.1 Å². The molecule has 0 aliphatic rings. The molecule has 26 heavy (non-hydrogen) atoms. The molecule has 0 saturated heterocycles. The number of aromatic hydroxyl groups is 1. The van der Waals surface area contributed by atoms with Crippen molar-refractivity contribution in [3.05, 3.63) is 56.4 Å². The van der Waals surface area contributed by atoms with Crippen LogP contribution >= 0.6 is 0 Å². The number of aromatic nitrogens is 1. The van der Waals surface area contributed by atoms with Crippen LogP contribution in [0.5, 0.6) is 5.88 Å². The molecule has 0 atom stereocenters. The number of nitriles is 1. The maximum absolute atomic E-state index is 12.5. The number of pyridine rings is 1. The number of rotatable bonds is 6. The molecule has 5 heteroatoms. The minimum absolute atomic E-state index is 0.0563. The van der Waals surface area contributed by atoms with E-state index in [1.807, 2.05) is 38.1 Å². The largest absolute Gasteiger partial charge is 0.494 e. The van der Waals surface area contributed by atoms with Crippen molar-refractivity contribution in [2.24, 2.45) is 4.99 Å². The summed E-state index contributed by atoms with van der Waals surface area (Å²) in [7, 11) is 0. The zero-order valence-electron chi connectivity index (χ0n) is 15.8. The molecule has 2 rings (SSSR count). The summed E-state index contributed by atoms with van der Waals surface area (Å²) in [4.78, 5) is 16.9. The minimum Gasteiger partial charge on any atom is -0.494 e. The van der Waals surface area contributed by atoms with Crippen molar-refractivity contribution in [2.75, 3.05) is 0 Å². The summed E-state index contributed by atoms with van der Waals surface area (Å²) in [5.41, 5.74) is 3.55. The lowest BCUT2D eigenvalue weighted by atomic mass is 10.1. The van der Waals surface area contributed by atoms with Gasteiger partial charge in [0.2, 0.25) is 5.88 Å². The molecule has 0 unspecified atom stereocenters. The van der Waals surface area contributed by atoms with Crippen LogP contribution in [0.1, 0.15) is 54.0 Å². The molecule has 1 heterocycles. The maximum atomic E-state index is 12.5. The standard InChI is InChI=1S/C21H25N3O2/c1-5-6-7-10-24-20(25)18(12-22)16(4)19(21(24)26)13-23-17-9-8-14(2)15(3)11-17/h8-9,11,13,26H,5-7,10H2,1-4H3. The summed E-state index contributed by atoms with van der Waals surface area (Å²) < 4.78 is 1.28. The van der Waals surface area contributed by atoms with Crippen molar-refractivity contribution in [3.63, 3.8) is 0 Å². The quantitative estimate of drug-likeness (QED) is 0.623. The van der Waals surface area contributed by atoms with Crippen LogP contribution in [0.3, 0.4) is 0 Å². The Hall–Kier alpha value is -2.87. The molecule has 0 amide bonds. The molecule has 5 nitrogen and oxygen atoms in total. The lowest BCUT2D eigenvalue weighted by Gasteiger charge is -2.13. The highest BCUT2D eigenvalue weighted by Gasteiger charge is 2.17. The van der Waals surface area contributed by atoms with Gasteiger partial charge in [-0.3, -0.25) is 14.4 Å². The average molecular weight is 351 g/mol. The second-order valence-electron chi connectivity index (χ2n) is 6.54. The van der Waals surface area contributed by atoms with Crippen LogP contribution < -0.4 is 5.56 Å². The lowest BCUT2D eigenvalue weighted by molar-refractivity contribution is 0.398. The predicted octanol–water partition coefficient (Wildman–Crippen LogP) is 4.29. The van der Waals surface area contributed by atoms with Gasteiger partial charge in [0.15, 0.2) is 0 Å². The molecular weight excluding hydrogens is 326 g/mol. The summed E-state index contributed by atoms with van der Waals surface area (Å²) >= 11 is 0. The van der Waals surface area contributed by atoms with Gasteiger partial charge in [-0.1, -0.05) is 25.8 Å². The van der Waals surface area contributed by atoms with Gasteiger partial charge in [0.1, 0.15) is 11.6 Å². The molecule has 0 bridgehead atoms. The van der Waals surface area contributed by atoms with Crippen molar-refractivity contribution in [1.29, 1.82) is 5.26 Å². The Balaban J connectivity index is 2.51. The number of hydrogen-bond acceptors (Lipinski definition) is 4. The van der Waals surface area contributed by atoms with Crippen LogP contribution in [0.25, 0.3) is 0 Å². The molecule has 1 N–H and O–H groups in total. The van der Waals surface area contributed by atoms with Crippen LogP contribution in [-0.4, -0.2) is 15.9 Å². The lowest BCUT2D eigenvalue weighted by Crippen LogP contribution is -2.25. The van der Waals surface area contributed by atoms with Crippen LogP contribution in [-0.2, 0) is 6.54 Å². The molecule has 0 fully saturated rings. The summed E-state index contributed by atoms with van der Waals surface area (Å²) in [6.45, 7) is 8.17. The number of nitrogens with zero attached hydrogens (tertiary/aromatic N) is 3. The summed E-state index contributed by atoms with van der Waals surface area (Å²) in [5, 5.41) is 20.0. The maximum Gasteiger partial charge on any atom is 0.271 e. The van der Waals surface area contributed by atoms with Gasteiger partial charge in [0, 0.05) is 12.8 Å². The molecule has 0 aliphatic heterocycles. The Morgan fingerprint density at radius 1 is 1.23 bits per heavy atom. The summed E-state index contributed by atoms with van der Waals surface area (Å²) in [5.74, 6) is -0.129. The fourth-order valence-electron chi connectivity index (χ4n) is 2.80. The first-order valence-electron chi connectivity index (χ1n) is 8.88. The van der Waals surface area contributed by atoms with E-state index < -0.39 is 5.56 Å². The van der Waals surface area contributed by atoms with Gasteiger partial charge >= 0.3 is 0 Å². The van der Waals surface area contributed by atoms with Gasteiger partial charge in [0.05, 0.1) is 11.3 Å². The molecule has 1 aromatic carbocycles. The van der Waals surface area contributed by atoms with E-state index >= 15 is 0 Å². The summed E-state index contributed by atoms with van der Waals surface area (Å²) in [6.07, 6.45) is 4.26. The van der Waals surface area contributed by atoms with E-state index in [9.17, 15) is 15.2 Å².